The van der Waals surface area contributed by atoms with Gasteiger partial charge in [0.25, 0.3) is 5.91 Å². The molecule has 0 aliphatic carbocycles. The normalized spacial score (nSPS) is 11.7. The number of hydrogen-bond donors (Lipinski definition) is 1. The fraction of sp³-hybridized carbons (Fsp3) is 0.143. The zero-order valence-electron chi connectivity index (χ0n) is 10.6. The van der Waals surface area contributed by atoms with Crippen LogP contribution in [0.3, 0.4) is 0 Å². The van der Waals surface area contributed by atoms with Gasteiger partial charge in [0.1, 0.15) is 11.8 Å². The van der Waals surface area contributed by atoms with Crippen molar-refractivity contribution in [2.24, 2.45) is 0 Å². The van der Waals surface area contributed by atoms with Crippen molar-refractivity contribution in [3.8, 4) is 5.75 Å². The molecule has 0 fully saturated rings. The standard InChI is InChI=1S/C14H12BrNO3S/c1-9(16-13(17)12-3-2-8-20-12)14(18)19-11-6-4-10(15)5-7-11/h2-9H,1H3,(H,16,17). The first-order valence-corrected chi connectivity index (χ1v) is 7.55. The summed E-state index contributed by atoms with van der Waals surface area (Å²) in [5, 5.41) is 4.41. The zero-order valence-corrected chi connectivity index (χ0v) is 13.0. The van der Waals surface area contributed by atoms with Crippen LogP contribution in [0.5, 0.6) is 5.75 Å². The van der Waals surface area contributed by atoms with Crippen LogP contribution in [0.25, 0.3) is 0 Å². The monoisotopic (exact) mass is 353 g/mol. The molecule has 0 aliphatic rings. The Morgan fingerprint density at radius 3 is 2.55 bits per heavy atom. The van der Waals surface area contributed by atoms with Crippen molar-refractivity contribution in [2.45, 2.75) is 13.0 Å². The summed E-state index contributed by atoms with van der Waals surface area (Å²) in [6.45, 7) is 1.59. The third-order valence-corrected chi connectivity index (χ3v) is 3.88. The molecule has 2 rings (SSSR count). The molecule has 1 heterocycles. The van der Waals surface area contributed by atoms with Gasteiger partial charge in [0.2, 0.25) is 0 Å². The Balaban J connectivity index is 1.92. The summed E-state index contributed by atoms with van der Waals surface area (Å²) in [5.41, 5.74) is 0. The minimum absolute atomic E-state index is 0.278. The van der Waals surface area contributed by atoms with Crippen LogP contribution in [0.15, 0.2) is 46.3 Å². The zero-order chi connectivity index (χ0) is 14.5. The highest BCUT2D eigenvalue weighted by Crippen LogP contribution is 2.16. The summed E-state index contributed by atoms with van der Waals surface area (Å²) in [6.07, 6.45) is 0. The summed E-state index contributed by atoms with van der Waals surface area (Å²) in [7, 11) is 0. The van der Waals surface area contributed by atoms with Crippen molar-refractivity contribution in [1.82, 2.24) is 5.32 Å². The molecule has 1 aromatic heterocycles. The number of nitrogens with one attached hydrogen (secondary N) is 1. The highest BCUT2D eigenvalue weighted by Gasteiger charge is 2.19. The Morgan fingerprint density at radius 1 is 1.25 bits per heavy atom. The van der Waals surface area contributed by atoms with Crippen LogP contribution in [0.1, 0.15) is 16.6 Å². The topological polar surface area (TPSA) is 55.4 Å². The van der Waals surface area contributed by atoms with Crippen molar-refractivity contribution in [3.63, 3.8) is 0 Å². The third-order valence-electron chi connectivity index (χ3n) is 2.48. The maximum Gasteiger partial charge on any atom is 0.333 e. The fourth-order valence-corrected chi connectivity index (χ4v) is 2.33. The van der Waals surface area contributed by atoms with E-state index in [0.29, 0.717) is 10.6 Å². The Labute approximate surface area is 128 Å². The van der Waals surface area contributed by atoms with Crippen molar-refractivity contribution in [2.75, 3.05) is 0 Å². The van der Waals surface area contributed by atoms with Crippen molar-refractivity contribution >= 4 is 39.1 Å². The molecule has 2 aromatic rings. The number of amides is 1. The van der Waals surface area contributed by atoms with Crippen LogP contribution < -0.4 is 10.1 Å². The predicted molar refractivity (Wildman–Crippen MR) is 81.0 cm³/mol. The molecular weight excluding hydrogens is 342 g/mol. The molecule has 104 valence electrons. The van der Waals surface area contributed by atoms with Crippen molar-refractivity contribution < 1.29 is 14.3 Å². The van der Waals surface area contributed by atoms with Crippen molar-refractivity contribution in [1.29, 1.82) is 0 Å². The highest BCUT2D eigenvalue weighted by molar-refractivity contribution is 9.10. The molecule has 1 amide bonds. The number of hydrogen-bond acceptors (Lipinski definition) is 4. The highest BCUT2D eigenvalue weighted by atomic mass is 79.9. The minimum Gasteiger partial charge on any atom is -0.425 e. The first-order chi connectivity index (χ1) is 9.56. The third kappa shape index (κ3) is 3.91. The molecular formula is C14H12BrNO3S. The lowest BCUT2D eigenvalue weighted by molar-refractivity contribution is -0.136. The van der Waals surface area contributed by atoms with Gasteiger partial charge in [-0.25, -0.2) is 4.79 Å². The van der Waals surface area contributed by atoms with Crippen LogP contribution in [0.4, 0.5) is 0 Å². The lowest BCUT2D eigenvalue weighted by atomic mass is 10.3. The molecule has 6 heteroatoms. The van der Waals surface area contributed by atoms with Gasteiger partial charge in [-0.3, -0.25) is 4.79 Å². The number of rotatable bonds is 4. The summed E-state index contributed by atoms with van der Waals surface area (Å²) >= 11 is 4.62. The Hall–Kier alpha value is -1.66. The molecule has 0 spiro atoms. The van der Waals surface area contributed by atoms with Gasteiger partial charge >= 0.3 is 5.97 Å². The minimum atomic E-state index is -0.715. The van der Waals surface area contributed by atoms with Gasteiger partial charge in [-0.05, 0) is 42.6 Å². The molecule has 1 N–H and O–H groups in total. The Bertz CT molecular complexity index is 595. The lowest BCUT2D eigenvalue weighted by Crippen LogP contribution is -2.40. The number of thiophene rings is 1. The second kappa shape index (κ2) is 6.67. The molecule has 0 bridgehead atoms. The molecule has 1 unspecified atom stereocenters. The van der Waals surface area contributed by atoms with Crippen LogP contribution >= 0.6 is 27.3 Å². The Kier molecular flexibility index (Phi) is 4.92. The summed E-state index contributed by atoms with van der Waals surface area (Å²) < 4.78 is 6.08. The van der Waals surface area contributed by atoms with Crippen LogP contribution in [0, 0.1) is 0 Å². The number of halogens is 1. The van der Waals surface area contributed by atoms with E-state index < -0.39 is 12.0 Å². The number of ether oxygens (including phenoxy) is 1. The SMILES string of the molecule is CC(NC(=O)c1cccs1)C(=O)Oc1ccc(Br)cc1. The van der Waals surface area contributed by atoms with E-state index in [1.165, 1.54) is 11.3 Å². The number of benzene rings is 1. The van der Waals surface area contributed by atoms with Gasteiger partial charge in [0.05, 0.1) is 4.88 Å². The molecule has 0 saturated carbocycles. The average Bonchev–Trinajstić information content (AvgIpc) is 2.95. The van der Waals surface area contributed by atoms with E-state index in [4.69, 9.17) is 4.74 Å². The van der Waals surface area contributed by atoms with Gasteiger partial charge in [0, 0.05) is 4.47 Å². The first kappa shape index (κ1) is 14.7. The van der Waals surface area contributed by atoms with Gasteiger partial charge < -0.3 is 10.1 Å². The van der Waals surface area contributed by atoms with Gasteiger partial charge in [-0.15, -0.1) is 11.3 Å². The van der Waals surface area contributed by atoms with Gasteiger partial charge in [0.15, 0.2) is 0 Å². The van der Waals surface area contributed by atoms with Gasteiger partial charge in [-0.2, -0.15) is 0 Å². The molecule has 0 radical (unpaired) electrons. The summed E-state index contributed by atoms with van der Waals surface area (Å²) in [6, 6.07) is 9.67. The van der Waals surface area contributed by atoms with Crippen molar-refractivity contribution in [3.05, 3.63) is 51.1 Å². The number of carbonyl (C=O) groups excluding carboxylic acids is 2. The smallest absolute Gasteiger partial charge is 0.333 e. The quantitative estimate of drug-likeness (QED) is 0.678. The second-order valence-electron chi connectivity index (χ2n) is 4.05. The maximum atomic E-state index is 11.9. The lowest BCUT2D eigenvalue weighted by Gasteiger charge is -2.12. The van der Waals surface area contributed by atoms with Gasteiger partial charge in [-0.1, -0.05) is 22.0 Å². The number of esters is 1. The predicted octanol–water partition coefficient (Wildman–Crippen LogP) is 3.23. The fourth-order valence-electron chi connectivity index (χ4n) is 1.44. The van der Waals surface area contributed by atoms with E-state index in [1.54, 1.807) is 48.7 Å². The molecule has 1 atom stereocenters. The largest absolute Gasteiger partial charge is 0.425 e. The van der Waals surface area contributed by atoms with E-state index in [-0.39, 0.29) is 5.91 Å². The molecule has 1 aromatic carbocycles. The Morgan fingerprint density at radius 2 is 1.95 bits per heavy atom. The van der Waals surface area contributed by atoms with E-state index in [9.17, 15) is 9.59 Å². The molecule has 0 saturated heterocycles. The summed E-state index contributed by atoms with van der Waals surface area (Å²) in [4.78, 5) is 24.2. The molecule has 4 nitrogen and oxygen atoms in total. The molecule has 20 heavy (non-hydrogen) atoms. The van der Waals surface area contributed by atoms with Crippen LogP contribution in [-0.4, -0.2) is 17.9 Å². The van der Waals surface area contributed by atoms with E-state index >= 15 is 0 Å². The second-order valence-corrected chi connectivity index (χ2v) is 5.91. The first-order valence-electron chi connectivity index (χ1n) is 5.88. The maximum absolute atomic E-state index is 11.9. The van der Waals surface area contributed by atoms with E-state index in [1.807, 2.05) is 0 Å². The average molecular weight is 354 g/mol. The molecule has 0 aliphatic heterocycles. The van der Waals surface area contributed by atoms with Crippen LogP contribution in [-0.2, 0) is 4.79 Å². The summed E-state index contributed by atoms with van der Waals surface area (Å²) in [5.74, 6) is -0.340. The van der Waals surface area contributed by atoms with E-state index in [0.717, 1.165) is 4.47 Å². The number of carbonyl (C=O) groups is 2. The van der Waals surface area contributed by atoms with E-state index in [2.05, 4.69) is 21.2 Å². The van der Waals surface area contributed by atoms with Crippen LogP contribution in [0.2, 0.25) is 0 Å².